The fourth-order valence-corrected chi connectivity index (χ4v) is 8.24. The number of anilines is 1. The smallest absolute Gasteiger partial charge is 0.448 e. The number of allylic oxidation sites excluding steroid dienone is 1. The summed E-state index contributed by atoms with van der Waals surface area (Å²) in [6.07, 6.45) is 2.37. The molecule has 7 rings (SSSR count). The number of hydrogen-bond acceptors (Lipinski definition) is 12. The van der Waals surface area contributed by atoms with Gasteiger partial charge in [0.1, 0.15) is 16.6 Å². The summed E-state index contributed by atoms with van der Waals surface area (Å²) < 4.78 is 38.0. The molecule has 0 spiro atoms. The number of benzene rings is 3. The van der Waals surface area contributed by atoms with Gasteiger partial charge >= 0.3 is 18.2 Å². The summed E-state index contributed by atoms with van der Waals surface area (Å²) in [5, 5.41) is 6.34. The maximum absolute atomic E-state index is 14.7. The predicted molar refractivity (Wildman–Crippen MR) is 237 cm³/mol. The van der Waals surface area contributed by atoms with Crippen LogP contribution in [0.3, 0.4) is 0 Å². The Balaban J connectivity index is 1.02. The van der Waals surface area contributed by atoms with Crippen molar-refractivity contribution in [3.05, 3.63) is 149 Å². The molecular weight excluding hydrogens is 858 g/mol. The minimum atomic E-state index is -1.05. The van der Waals surface area contributed by atoms with Crippen molar-refractivity contribution in [1.82, 2.24) is 15.3 Å². The molecule has 4 aromatic rings. The number of esters is 1. The molecule has 4 heterocycles. The van der Waals surface area contributed by atoms with E-state index in [9.17, 15) is 28.4 Å². The number of aromatic nitrogens is 1. The number of nitrogens with one attached hydrogen (secondary N) is 2. The van der Waals surface area contributed by atoms with Crippen LogP contribution in [0, 0.1) is 5.82 Å². The number of alkyl carbamates (subject to hydrolysis) is 1. The molecule has 0 bridgehead atoms. The van der Waals surface area contributed by atoms with Gasteiger partial charge in [-0.3, -0.25) is 14.9 Å². The summed E-state index contributed by atoms with van der Waals surface area (Å²) >= 11 is 1.45. The van der Waals surface area contributed by atoms with Crippen LogP contribution in [0.2, 0.25) is 0 Å². The highest BCUT2D eigenvalue weighted by Gasteiger charge is 2.50. The number of hydrogen-bond donors (Lipinski definition) is 2. The van der Waals surface area contributed by atoms with Gasteiger partial charge in [0.2, 0.25) is 12.5 Å². The molecule has 0 radical (unpaired) electrons. The second kappa shape index (κ2) is 19.6. The van der Waals surface area contributed by atoms with Crippen LogP contribution in [0.5, 0.6) is 5.75 Å². The summed E-state index contributed by atoms with van der Waals surface area (Å²) in [6.45, 7) is 10.9. The first-order valence-corrected chi connectivity index (χ1v) is 22.0. The van der Waals surface area contributed by atoms with E-state index >= 15 is 0 Å². The van der Waals surface area contributed by atoms with Crippen LogP contribution in [0.15, 0.2) is 126 Å². The molecule has 0 unspecified atom stereocenters. The molecule has 2 fully saturated rings. The van der Waals surface area contributed by atoms with Crippen LogP contribution < -0.4 is 19.9 Å². The highest BCUT2D eigenvalue weighted by Crippen LogP contribution is 2.43. The van der Waals surface area contributed by atoms with Gasteiger partial charge in [0.15, 0.2) is 42.0 Å². The number of pyridine rings is 1. The quantitative estimate of drug-likeness (QED) is 0.0474. The standard InChI is InChI=1S/C48H50FN5O10S/c1-47(2,3)62-45(58)51-41-43-54(64-41)39(44(57)61-40(31-13-9-7-10-14-31)32-15-11-8-12-16-32)34(29-65-43)25-33-21-24-53(42(33)56)27-30-19-22-52(23-20-30)28-38(55)50-35-17-18-37(36(49)26-35)60-46(59)63-48(4,5)6/h7-20,22-23,25-26,40-41,43H,21,24,27-29H2,1-6H3,(H-,50,51,55,58)/p+1/t41-,43-/m1/s1. The maximum atomic E-state index is 14.7. The lowest BCUT2D eigenvalue weighted by molar-refractivity contribution is -0.684. The number of halogens is 1. The summed E-state index contributed by atoms with van der Waals surface area (Å²) in [5.74, 6) is -2.13. The Kier molecular flexibility index (Phi) is 13.9. The number of fused-ring (bicyclic) bond motifs is 1. The minimum absolute atomic E-state index is 0.0810. The Labute approximate surface area is 380 Å². The number of amides is 3. The average molecular weight is 909 g/mol. The van der Waals surface area contributed by atoms with E-state index in [1.54, 1.807) is 81.6 Å². The SMILES string of the molecule is CC(C)(C)OC(=O)N[C@@H]1ON2C(C(=O)OC(c3ccccc3)c3ccccc3)=C(C=C3CCN(Cc4cc[n+](CC(=O)Nc5ccc(OC(=O)OC(C)(C)C)c(F)c5)cc4)C3=O)CS[C@H]12. The van der Waals surface area contributed by atoms with Gasteiger partial charge in [0.05, 0.1) is 0 Å². The number of carbonyl (C=O) groups is 5. The van der Waals surface area contributed by atoms with E-state index in [1.807, 2.05) is 60.7 Å². The zero-order valence-electron chi connectivity index (χ0n) is 36.9. The van der Waals surface area contributed by atoms with Gasteiger partial charge in [-0.05, 0) is 88.4 Å². The van der Waals surface area contributed by atoms with Crippen molar-refractivity contribution in [3.63, 3.8) is 0 Å². The highest BCUT2D eigenvalue weighted by molar-refractivity contribution is 8.00. The van der Waals surface area contributed by atoms with Crippen molar-refractivity contribution >= 4 is 47.5 Å². The van der Waals surface area contributed by atoms with Crippen LogP contribution in [-0.2, 0) is 46.5 Å². The maximum Gasteiger partial charge on any atom is 0.514 e. The van der Waals surface area contributed by atoms with Crippen LogP contribution >= 0.6 is 11.8 Å². The molecule has 2 atom stereocenters. The van der Waals surface area contributed by atoms with Crippen LogP contribution in [0.1, 0.15) is 70.8 Å². The third kappa shape index (κ3) is 12.1. The molecule has 17 heteroatoms. The summed E-state index contributed by atoms with van der Waals surface area (Å²) in [6, 6.07) is 26.1. The molecule has 3 amide bonds. The molecule has 0 saturated carbocycles. The summed E-state index contributed by atoms with van der Waals surface area (Å²) in [4.78, 5) is 73.4. The predicted octanol–water partition coefficient (Wildman–Crippen LogP) is 7.48. The third-order valence-electron chi connectivity index (χ3n) is 9.95. The third-order valence-corrected chi connectivity index (χ3v) is 11.2. The number of carbonyl (C=O) groups excluding carboxylic acids is 5. The van der Waals surface area contributed by atoms with Crippen molar-refractivity contribution in [1.29, 1.82) is 0 Å². The van der Waals surface area contributed by atoms with Gasteiger partial charge in [-0.1, -0.05) is 60.7 Å². The van der Waals surface area contributed by atoms with E-state index in [2.05, 4.69) is 10.6 Å². The molecule has 3 aliphatic rings. The van der Waals surface area contributed by atoms with Crippen molar-refractivity contribution in [2.45, 2.75) is 90.0 Å². The molecule has 340 valence electrons. The second-order valence-electron chi connectivity index (χ2n) is 17.5. The van der Waals surface area contributed by atoms with Gasteiger partial charge < -0.3 is 29.2 Å². The molecule has 15 nitrogen and oxygen atoms in total. The monoisotopic (exact) mass is 908 g/mol. The number of likely N-dealkylation sites (tertiary alicyclic amines) is 1. The topological polar surface area (TPSA) is 166 Å². The molecule has 3 aromatic carbocycles. The summed E-state index contributed by atoms with van der Waals surface area (Å²) in [5.41, 5.74) is 2.19. The number of rotatable bonds is 12. The Morgan fingerprint density at radius 3 is 2.17 bits per heavy atom. The van der Waals surface area contributed by atoms with Gasteiger partial charge in [-0.2, -0.15) is 4.57 Å². The van der Waals surface area contributed by atoms with Crippen LogP contribution in [-0.4, -0.2) is 75.1 Å². The zero-order valence-corrected chi connectivity index (χ0v) is 37.7. The van der Waals surface area contributed by atoms with Crippen LogP contribution in [0.25, 0.3) is 0 Å². The lowest BCUT2D eigenvalue weighted by Crippen LogP contribution is -2.65. The molecule has 2 N–H and O–H groups in total. The first-order valence-electron chi connectivity index (χ1n) is 21.0. The van der Waals surface area contributed by atoms with E-state index < -0.39 is 58.9 Å². The number of nitrogens with zero attached hydrogens (tertiary/aromatic N) is 3. The Hall–Kier alpha value is -6.72. The van der Waals surface area contributed by atoms with Gasteiger partial charge in [0, 0.05) is 48.3 Å². The van der Waals surface area contributed by atoms with Gasteiger partial charge in [-0.15, -0.1) is 11.8 Å². The zero-order chi connectivity index (χ0) is 46.5. The molecular formula is C48H51FN5O10S+. The lowest BCUT2D eigenvalue weighted by atomic mass is 10.0. The molecule has 2 saturated heterocycles. The lowest BCUT2D eigenvalue weighted by Gasteiger charge is -2.50. The molecule has 0 aliphatic carbocycles. The van der Waals surface area contributed by atoms with Crippen molar-refractivity contribution < 1.29 is 56.7 Å². The Morgan fingerprint density at radius 1 is 0.908 bits per heavy atom. The normalized spacial score (nSPS) is 17.9. The van der Waals surface area contributed by atoms with Crippen molar-refractivity contribution in [3.8, 4) is 5.75 Å². The molecule has 3 aliphatic heterocycles. The van der Waals surface area contributed by atoms with Crippen molar-refractivity contribution in [2.75, 3.05) is 17.6 Å². The Morgan fingerprint density at radius 2 is 1.55 bits per heavy atom. The molecule has 65 heavy (non-hydrogen) atoms. The number of thioether (sulfide) groups is 1. The number of hydroxylamine groups is 2. The van der Waals surface area contributed by atoms with E-state index in [-0.39, 0.29) is 29.6 Å². The molecule has 1 aromatic heterocycles. The fourth-order valence-electron chi connectivity index (χ4n) is 7.09. The van der Waals surface area contributed by atoms with Gasteiger partial charge in [-0.25, -0.2) is 28.7 Å². The minimum Gasteiger partial charge on any atom is -0.448 e. The van der Waals surface area contributed by atoms with Crippen LogP contribution in [0.4, 0.5) is 19.7 Å². The second-order valence-corrected chi connectivity index (χ2v) is 18.6. The van der Waals surface area contributed by atoms with E-state index in [4.69, 9.17) is 23.8 Å². The largest absolute Gasteiger partial charge is 0.514 e. The van der Waals surface area contributed by atoms with E-state index in [0.717, 1.165) is 22.8 Å². The highest BCUT2D eigenvalue weighted by atomic mass is 32.2. The Bertz CT molecular complexity index is 2450. The van der Waals surface area contributed by atoms with Crippen molar-refractivity contribution in [2.24, 2.45) is 0 Å². The first kappa shape index (κ1) is 46.3. The van der Waals surface area contributed by atoms with Gasteiger partial charge in [0.25, 0.3) is 5.91 Å². The summed E-state index contributed by atoms with van der Waals surface area (Å²) in [7, 11) is 0. The van der Waals surface area contributed by atoms with E-state index in [1.165, 1.54) is 29.0 Å². The fraction of sp³-hybridized carbons (Fsp3) is 0.333. The first-order chi connectivity index (χ1) is 30.9. The average Bonchev–Trinajstić information content (AvgIpc) is 3.57. The number of ether oxygens (including phenoxy) is 4. The van der Waals surface area contributed by atoms with E-state index in [0.29, 0.717) is 36.4 Å².